The van der Waals surface area contributed by atoms with Crippen molar-refractivity contribution in [1.82, 2.24) is 20.0 Å². The quantitative estimate of drug-likeness (QED) is 0.792. The third kappa shape index (κ3) is 2.39. The second-order valence-corrected chi connectivity index (χ2v) is 4.42. The summed E-state index contributed by atoms with van der Waals surface area (Å²) < 4.78 is 6.62. The first-order chi connectivity index (χ1) is 10.7. The lowest BCUT2D eigenvalue weighted by molar-refractivity contribution is 0.0691. The molecule has 3 aromatic rings. The van der Waals surface area contributed by atoms with E-state index in [0.717, 1.165) is 0 Å². The Hall–Kier alpha value is -3.22. The zero-order valence-electron chi connectivity index (χ0n) is 11.7. The van der Waals surface area contributed by atoms with Gasteiger partial charge in [-0.3, -0.25) is 4.98 Å². The summed E-state index contributed by atoms with van der Waals surface area (Å²) >= 11 is 0. The lowest BCUT2D eigenvalue weighted by Crippen LogP contribution is -2.04. The molecule has 0 aliphatic rings. The Labute approximate surface area is 125 Å². The molecule has 0 spiro atoms. The molecule has 7 nitrogen and oxygen atoms in total. The summed E-state index contributed by atoms with van der Waals surface area (Å²) in [7, 11) is 1.56. The van der Waals surface area contributed by atoms with Gasteiger partial charge in [-0.25, -0.2) is 9.48 Å². The van der Waals surface area contributed by atoms with Crippen LogP contribution in [-0.4, -0.2) is 38.2 Å². The van der Waals surface area contributed by atoms with Crippen molar-refractivity contribution in [2.75, 3.05) is 7.11 Å². The van der Waals surface area contributed by atoms with Crippen LogP contribution in [0.15, 0.2) is 48.7 Å². The minimum absolute atomic E-state index is 0.151. The summed E-state index contributed by atoms with van der Waals surface area (Å²) in [5.41, 5.74) is 1.29. The number of pyridine rings is 1. The highest BCUT2D eigenvalue weighted by molar-refractivity contribution is 5.92. The molecule has 0 aliphatic carbocycles. The molecule has 0 atom stereocenters. The Morgan fingerprint density at radius 2 is 2.09 bits per heavy atom. The zero-order chi connectivity index (χ0) is 15.5. The van der Waals surface area contributed by atoms with Gasteiger partial charge in [0.05, 0.1) is 18.5 Å². The molecule has 0 radical (unpaired) electrons. The van der Waals surface area contributed by atoms with E-state index in [0.29, 0.717) is 22.8 Å². The Morgan fingerprint density at radius 3 is 2.77 bits per heavy atom. The number of hydrogen-bond donors (Lipinski definition) is 1. The van der Waals surface area contributed by atoms with E-state index in [-0.39, 0.29) is 5.69 Å². The van der Waals surface area contributed by atoms with Crippen molar-refractivity contribution in [3.8, 4) is 22.8 Å². The number of rotatable bonds is 4. The van der Waals surface area contributed by atoms with Crippen molar-refractivity contribution in [3.05, 3.63) is 54.4 Å². The molecule has 22 heavy (non-hydrogen) atoms. The number of carboxylic acid groups (broad SMARTS) is 1. The van der Waals surface area contributed by atoms with Crippen molar-refractivity contribution in [3.63, 3.8) is 0 Å². The van der Waals surface area contributed by atoms with Crippen molar-refractivity contribution < 1.29 is 14.6 Å². The number of benzene rings is 1. The number of methoxy groups -OCH3 is 1. The maximum Gasteiger partial charge on any atom is 0.358 e. The van der Waals surface area contributed by atoms with E-state index in [1.165, 1.54) is 4.68 Å². The zero-order valence-corrected chi connectivity index (χ0v) is 11.7. The van der Waals surface area contributed by atoms with Gasteiger partial charge in [-0.1, -0.05) is 17.3 Å². The highest BCUT2D eigenvalue weighted by Crippen LogP contribution is 2.25. The van der Waals surface area contributed by atoms with E-state index < -0.39 is 5.97 Å². The first kappa shape index (κ1) is 13.7. The average Bonchev–Trinajstić information content (AvgIpc) is 3.01. The SMILES string of the molecule is COc1cccc(-n2nnc(C(=O)O)c2-c2ccccn2)c1. The molecule has 0 bridgehead atoms. The van der Waals surface area contributed by atoms with Gasteiger partial charge >= 0.3 is 5.97 Å². The van der Waals surface area contributed by atoms with Gasteiger partial charge in [0, 0.05) is 12.3 Å². The number of carboxylic acids is 1. The Bertz CT molecular complexity index is 815. The van der Waals surface area contributed by atoms with Crippen LogP contribution >= 0.6 is 0 Å². The molecule has 2 aromatic heterocycles. The lowest BCUT2D eigenvalue weighted by atomic mass is 10.2. The molecule has 1 aromatic carbocycles. The van der Waals surface area contributed by atoms with Gasteiger partial charge in [-0.15, -0.1) is 5.10 Å². The topological polar surface area (TPSA) is 90.1 Å². The number of ether oxygens (including phenoxy) is 1. The van der Waals surface area contributed by atoms with Crippen LogP contribution in [0.2, 0.25) is 0 Å². The number of nitrogens with zero attached hydrogens (tertiary/aromatic N) is 4. The second kappa shape index (κ2) is 5.65. The van der Waals surface area contributed by atoms with E-state index in [9.17, 15) is 9.90 Å². The molecule has 1 N–H and O–H groups in total. The summed E-state index contributed by atoms with van der Waals surface area (Å²) in [6.45, 7) is 0. The first-order valence-corrected chi connectivity index (χ1v) is 6.45. The summed E-state index contributed by atoms with van der Waals surface area (Å²) in [6, 6.07) is 12.3. The molecule has 0 fully saturated rings. The van der Waals surface area contributed by atoms with Crippen molar-refractivity contribution in [1.29, 1.82) is 0 Å². The fourth-order valence-electron chi connectivity index (χ4n) is 2.08. The number of aromatic nitrogens is 4. The fourth-order valence-corrected chi connectivity index (χ4v) is 2.08. The highest BCUT2D eigenvalue weighted by atomic mass is 16.5. The third-order valence-corrected chi connectivity index (χ3v) is 3.08. The Balaban J connectivity index is 2.22. The number of carbonyl (C=O) groups is 1. The van der Waals surface area contributed by atoms with Gasteiger partial charge in [-0.2, -0.15) is 0 Å². The van der Waals surface area contributed by atoms with Gasteiger partial charge in [0.2, 0.25) is 0 Å². The van der Waals surface area contributed by atoms with Crippen LogP contribution < -0.4 is 4.74 Å². The van der Waals surface area contributed by atoms with E-state index in [4.69, 9.17) is 4.74 Å². The second-order valence-electron chi connectivity index (χ2n) is 4.42. The predicted octanol–water partition coefficient (Wildman–Crippen LogP) is 2.04. The molecule has 0 amide bonds. The smallest absolute Gasteiger partial charge is 0.358 e. The molecule has 0 unspecified atom stereocenters. The van der Waals surface area contributed by atoms with Gasteiger partial charge < -0.3 is 9.84 Å². The first-order valence-electron chi connectivity index (χ1n) is 6.45. The van der Waals surface area contributed by atoms with Crippen LogP contribution in [0.25, 0.3) is 17.1 Å². The van der Waals surface area contributed by atoms with Crippen LogP contribution in [0.5, 0.6) is 5.75 Å². The minimum Gasteiger partial charge on any atom is -0.497 e. The summed E-state index contributed by atoms with van der Waals surface area (Å²) in [5.74, 6) is -0.522. The molecule has 0 saturated carbocycles. The van der Waals surface area contributed by atoms with Crippen LogP contribution in [0, 0.1) is 0 Å². The standard InChI is InChI=1S/C15H12N4O3/c1-22-11-6-4-5-10(9-11)19-14(12-7-2-3-8-16-12)13(15(20)21)17-18-19/h2-9H,1H3,(H,20,21). The van der Waals surface area contributed by atoms with Crippen LogP contribution in [0.4, 0.5) is 0 Å². The Morgan fingerprint density at radius 1 is 1.23 bits per heavy atom. The molecule has 2 heterocycles. The van der Waals surface area contributed by atoms with Gasteiger partial charge in [0.25, 0.3) is 0 Å². The van der Waals surface area contributed by atoms with Crippen molar-refractivity contribution >= 4 is 5.97 Å². The van der Waals surface area contributed by atoms with Gasteiger partial charge in [0.15, 0.2) is 5.69 Å². The summed E-state index contributed by atoms with van der Waals surface area (Å²) in [4.78, 5) is 15.6. The van der Waals surface area contributed by atoms with E-state index in [1.807, 2.05) is 0 Å². The average molecular weight is 296 g/mol. The van der Waals surface area contributed by atoms with Gasteiger partial charge in [0.1, 0.15) is 11.4 Å². The monoisotopic (exact) mass is 296 g/mol. The van der Waals surface area contributed by atoms with Crippen LogP contribution in [-0.2, 0) is 0 Å². The van der Waals surface area contributed by atoms with Crippen molar-refractivity contribution in [2.24, 2.45) is 0 Å². The molecule has 3 rings (SSSR count). The maximum atomic E-state index is 11.4. The summed E-state index contributed by atoms with van der Waals surface area (Å²) in [5, 5.41) is 17.0. The van der Waals surface area contributed by atoms with Gasteiger partial charge in [-0.05, 0) is 24.3 Å². The number of aromatic carboxylic acids is 1. The fraction of sp³-hybridized carbons (Fsp3) is 0.0667. The predicted molar refractivity (Wildman–Crippen MR) is 78.1 cm³/mol. The number of hydrogen-bond acceptors (Lipinski definition) is 5. The minimum atomic E-state index is -1.16. The normalized spacial score (nSPS) is 10.4. The van der Waals surface area contributed by atoms with Crippen LogP contribution in [0.3, 0.4) is 0 Å². The van der Waals surface area contributed by atoms with E-state index in [1.54, 1.807) is 55.8 Å². The Kier molecular flexibility index (Phi) is 3.53. The molecular weight excluding hydrogens is 284 g/mol. The molecular formula is C15H12N4O3. The maximum absolute atomic E-state index is 11.4. The molecule has 110 valence electrons. The molecule has 0 aliphatic heterocycles. The summed E-state index contributed by atoms with van der Waals surface area (Å²) in [6.07, 6.45) is 1.59. The molecule has 0 saturated heterocycles. The largest absolute Gasteiger partial charge is 0.497 e. The third-order valence-electron chi connectivity index (χ3n) is 3.08. The van der Waals surface area contributed by atoms with Crippen molar-refractivity contribution in [2.45, 2.75) is 0 Å². The van der Waals surface area contributed by atoms with E-state index >= 15 is 0 Å². The van der Waals surface area contributed by atoms with Crippen LogP contribution in [0.1, 0.15) is 10.5 Å². The van der Waals surface area contributed by atoms with E-state index in [2.05, 4.69) is 15.3 Å². The molecule has 7 heteroatoms. The lowest BCUT2D eigenvalue weighted by Gasteiger charge is -2.08. The highest BCUT2D eigenvalue weighted by Gasteiger charge is 2.22.